The molecule has 25 heavy (non-hydrogen) atoms. The van der Waals surface area contributed by atoms with Crippen LogP contribution in [0.15, 0.2) is 30.3 Å². The number of hydrogen-bond donors (Lipinski definition) is 2. The van der Waals surface area contributed by atoms with Gasteiger partial charge in [-0.2, -0.15) is 0 Å². The molecule has 0 aliphatic carbocycles. The number of hydrogen-bond acceptors (Lipinski definition) is 4. The number of rotatable bonds is 8. The number of carbonyl (C=O) groups is 2. The van der Waals surface area contributed by atoms with Gasteiger partial charge in [0.2, 0.25) is 5.91 Å². The number of methoxy groups -OCH3 is 1. The van der Waals surface area contributed by atoms with Gasteiger partial charge in [-0.3, -0.25) is 4.79 Å². The second-order valence-electron chi connectivity index (χ2n) is 7.16. The number of unbranched alkanes of at least 4 members (excludes halogenated alkanes) is 1. The van der Waals surface area contributed by atoms with Gasteiger partial charge in [0.1, 0.15) is 6.04 Å². The van der Waals surface area contributed by atoms with Crippen molar-refractivity contribution in [2.45, 2.75) is 46.1 Å². The lowest BCUT2D eigenvalue weighted by molar-refractivity contribution is -0.136. The molecule has 0 bridgehead atoms. The number of aryl methyl sites for hydroxylation is 1. The Hall–Kier alpha value is -2.08. The summed E-state index contributed by atoms with van der Waals surface area (Å²) in [6.07, 6.45) is 2.18. The third-order valence-electron chi connectivity index (χ3n) is 4.08. The van der Waals surface area contributed by atoms with Gasteiger partial charge in [0.05, 0.1) is 13.8 Å². The average Bonchev–Trinajstić information content (AvgIpc) is 2.59. The second kappa shape index (κ2) is 10.0. The molecule has 0 radical (unpaired) electrons. The molecule has 0 spiro atoms. The lowest BCUT2D eigenvalue weighted by Crippen LogP contribution is -2.55. The van der Waals surface area contributed by atoms with E-state index < -0.39 is 17.6 Å². The zero-order chi connectivity index (χ0) is 18.9. The van der Waals surface area contributed by atoms with Crippen LogP contribution in [0.5, 0.6) is 0 Å². The molecule has 0 fully saturated rings. The van der Waals surface area contributed by atoms with Gasteiger partial charge in [0, 0.05) is 6.54 Å². The number of nitrogens with one attached hydrogen (secondary N) is 1. The highest BCUT2D eigenvalue weighted by atomic mass is 16.5. The van der Waals surface area contributed by atoms with Crippen molar-refractivity contribution >= 4 is 12.0 Å². The lowest BCUT2D eigenvalue weighted by Gasteiger charge is -2.34. The summed E-state index contributed by atoms with van der Waals surface area (Å²) < 4.78 is 4.63. The smallest absolute Gasteiger partial charge is 0.407 e. The molecule has 0 saturated heterocycles. The van der Waals surface area contributed by atoms with Crippen LogP contribution in [0.2, 0.25) is 0 Å². The number of carbonyl (C=O) groups excluding carboxylic acids is 2. The summed E-state index contributed by atoms with van der Waals surface area (Å²) in [4.78, 5) is 26.0. The molecule has 1 aromatic carbocycles. The molecular formula is C19H31N3O3. The molecule has 6 heteroatoms. The van der Waals surface area contributed by atoms with Crippen molar-refractivity contribution in [2.24, 2.45) is 11.1 Å². The highest BCUT2D eigenvalue weighted by Crippen LogP contribution is 2.21. The maximum Gasteiger partial charge on any atom is 0.407 e. The number of ether oxygens (including phenoxy) is 1. The van der Waals surface area contributed by atoms with Gasteiger partial charge in [-0.05, 0) is 30.2 Å². The first-order chi connectivity index (χ1) is 11.8. The minimum absolute atomic E-state index is 0.125. The summed E-state index contributed by atoms with van der Waals surface area (Å²) >= 11 is 0. The van der Waals surface area contributed by atoms with Crippen LogP contribution in [0.3, 0.4) is 0 Å². The van der Waals surface area contributed by atoms with E-state index in [0.29, 0.717) is 6.54 Å². The molecule has 2 amide bonds. The van der Waals surface area contributed by atoms with E-state index >= 15 is 0 Å². The van der Waals surface area contributed by atoms with E-state index in [1.807, 2.05) is 39.0 Å². The highest BCUT2D eigenvalue weighted by molar-refractivity contribution is 5.86. The van der Waals surface area contributed by atoms with Crippen LogP contribution < -0.4 is 11.1 Å². The molecule has 0 saturated carbocycles. The van der Waals surface area contributed by atoms with E-state index in [0.717, 1.165) is 19.3 Å². The number of amides is 2. The average molecular weight is 349 g/mol. The van der Waals surface area contributed by atoms with Gasteiger partial charge in [-0.15, -0.1) is 0 Å². The van der Waals surface area contributed by atoms with Crippen molar-refractivity contribution < 1.29 is 14.3 Å². The van der Waals surface area contributed by atoms with Crippen LogP contribution in [-0.2, 0) is 16.0 Å². The van der Waals surface area contributed by atoms with Gasteiger partial charge in [-0.1, -0.05) is 51.1 Å². The van der Waals surface area contributed by atoms with Crippen molar-refractivity contribution in [3.8, 4) is 0 Å². The molecule has 140 valence electrons. The number of benzene rings is 1. The van der Waals surface area contributed by atoms with Gasteiger partial charge in [-0.25, -0.2) is 4.79 Å². The highest BCUT2D eigenvalue weighted by Gasteiger charge is 2.35. The summed E-state index contributed by atoms with van der Waals surface area (Å²) in [7, 11) is 1.28. The van der Waals surface area contributed by atoms with Gasteiger partial charge in [0.25, 0.3) is 0 Å². The fourth-order valence-corrected chi connectivity index (χ4v) is 2.58. The first-order valence-electron chi connectivity index (χ1n) is 8.67. The number of nitrogens with zero attached hydrogens (tertiary/aromatic N) is 1. The van der Waals surface area contributed by atoms with Crippen LogP contribution in [0.4, 0.5) is 4.79 Å². The Balaban J connectivity index is 2.59. The monoisotopic (exact) mass is 349 g/mol. The Morgan fingerprint density at radius 2 is 1.84 bits per heavy atom. The van der Waals surface area contributed by atoms with E-state index in [2.05, 4.69) is 22.2 Å². The maximum absolute atomic E-state index is 12.8. The van der Waals surface area contributed by atoms with Crippen molar-refractivity contribution in [2.75, 3.05) is 20.3 Å². The van der Waals surface area contributed by atoms with E-state index in [1.165, 1.54) is 12.7 Å². The normalized spacial score (nSPS) is 12.4. The summed E-state index contributed by atoms with van der Waals surface area (Å²) in [5.41, 5.74) is 6.62. The molecule has 1 aromatic rings. The Morgan fingerprint density at radius 3 is 2.36 bits per heavy atom. The quantitative estimate of drug-likeness (QED) is 0.558. The van der Waals surface area contributed by atoms with Crippen molar-refractivity contribution in [3.63, 3.8) is 0 Å². The van der Waals surface area contributed by atoms with Gasteiger partial charge in [0.15, 0.2) is 0 Å². The minimum Gasteiger partial charge on any atom is -0.453 e. The number of alkyl carbamates (subject to hydrolysis) is 1. The summed E-state index contributed by atoms with van der Waals surface area (Å²) in [5.74, 6) is -0.180. The van der Waals surface area contributed by atoms with E-state index in [4.69, 9.17) is 5.73 Å². The Morgan fingerprint density at radius 1 is 1.20 bits per heavy atom. The fourth-order valence-electron chi connectivity index (χ4n) is 2.58. The minimum atomic E-state index is -0.683. The van der Waals surface area contributed by atoms with E-state index in [-0.39, 0.29) is 12.6 Å². The van der Waals surface area contributed by atoms with Crippen LogP contribution in [0.1, 0.15) is 39.2 Å². The Labute approximate surface area is 150 Å². The predicted octanol–water partition coefficient (Wildman–Crippen LogP) is 2.52. The summed E-state index contributed by atoms with van der Waals surface area (Å²) in [5, 5.41) is 2.63. The second-order valence-corrected chi connectivity index (χ2v) is 7.16. The zero-order valence-electron chi connectivity index (χ0n) is 15.7. The van der Waals surface area contributed by atoms with E-state index in [1.54, 1.807) is 4.90 Å². The molecule has 6 nitrogen and oxygen atoms in total. The van der Waals surface area contributed by atoms with Crippen molar-refractivity contribution in [3.05, 3.63) is 35.9 Å². The molecule has 3 N–H and O–H groups in total. The molecule has 0 aliphatic heterocycles. The fraction of sp³-hybridized carbons (Fsp3) is 0.579. The molecule has 0 aliphatic rings. The first-order valence-corrected chi connectivity index (χ1v) is 8.67. The predicted molar refractivity (Wildman–Crippen MR) is 98.9 cm³/mol. The van der Waals surface area contributed by atoms with Crippen LogP contribution in [-0.4, -0.2) is 43.3 Å². The number of nitrogens with two attached hydrogens (primary N) is 1. The molecule has 0 aromatic heterocycles. The summed E-state index contributed by atoms with van der Waals surface area (Å²) in [6, 6.07) is 9.56. The SMILES string of the molecule is COC(=O)N[C@H](C(=O)N(CN)CCCCc1ccccc1)C(C)(C)C. The molecule has 1 atom stereocenters. The first kappa shape index (κ1) is 21.0. The standard InChI is InChI=1S/C19H31N3O3/c1-19(2,3)16(21-18(24)25-4)17(23)22(14-20)13-9-8-12-15-10-6-5-7-11-15/h5-7,10-11,16H,8-9,12-14,20H2,1-4H3,(H,21,24)/t16-/m1/s1. The van der Waals surface area contributed by atoms with Crippen LogP contribution in [0.25, 0.3) is 0 Å². The van der Waals surface area contributed by atoms with Crippen LogP contribution in [0, 0.1) is 5.41 Å². The Bertz CT molecular complexity index is 541. The molecule has 1 rings (SSSR count). The largest absolute Gasteiger partial charge is 0.453 e. The molecular weight excluding hydrogens is 318 g/mol. The molecule has 0 heterocycles. The Kier molecular flexibility index (Phi) is 8.41. The maximum atomic E-state index is 12.8. The third-order valence-corrected chi connectivity index (χ3v) is 4.08. The van der Waals surface area contributed by atoms with Gasteiger partial charge >= 0.3 is 6.09 Å². The summed E-state index contributed by atoms with van der Waals surface area (Å²) in [6.45, 7) is 6.39. The van der Waals surface area contributed by atoms with Crippen molar-refractivity contribution in [1.29, 1.82) is 0 Å². The lowest BCUT2D eigenvalue weighted by atomic mass is 9.86. The van der Waals surface area contributed by atoms with Crippen LogP contribution >= 0.6 is 0 Å². The topological polar surface area (TPSA) is 84.7 Å². The molecule has 0 unspecified atom stereocenters. The zero-order valence-corrected chi connectivity index (χ0v) is 15.7. The van der Waals surface area contributed by atoms with E-state index in [9.17, 15) is 9.59 Å². The third kappa shape index (κ3) is 7.13. The van der Waals surface area contributed by atoms with Crippen molar-refractivity contribution in [1.82, 2.24) is 10.2 Å². The van der Waals surface area contributed by atoms with Gasteiger partial charge < -0.3 is 20.7 Å².